The Bertz CT molecular complexity index is 4210. The molecule has 6 N–H and O–H groups in total. The zero-order valence-electron chi connectivity index (χ0n) is 55.0. The molecule has 0 saturated heterocycles. The third-order valence-corrected chi connectivity index (χ3v) is 15.8. The summed E-state index contributed by atoms with van der Waals surface area (Å²) in [6.07, 6.45) is 2.81. The summed E-state index contributed by atoms with van der Waals surface area (Å²) in [6, 6.07) is 18.8. The largest absolute Gasteiger partial charge is 0.480 e. The van der Waals surface area contributed by atoms with E-state index in [1.54, 1.807) is 14.2 Å². The number of methoxy groups -OCH3 is 1. The van der Waals surface area contributed by atoms with Gasteiger partial charge in [0.15, 0.2) is 29.0 Å². The summed E-state index contributed by atoms with van der Waals surface area (Å²) in [5.74, 6) is -1.26. The number of ether oxygens (including phenoxy) is 1. The number of amides is 1. The minimum Gasteiger partial charge on any atom is -0.480 e. The number of unbranched alkanes of at least 4 members (excludes halogenated alkanes) is 1. The van der Waals surface area contributed by atoms with Crippen molar-refractivity contribution in [2.24, 2.45) is 20.5 Å². The van der Waals surface area contributed by atoms with Crippen LogP contribution in [0.2, 0.25) is 0 Å². The number of carboxylic acid groups (broad SMARTS) is 2. The molecule has 3 aromatic carbocycles. The minimum absolute atomic E-state index is 0. The summed E-state index contributed by atoms with van der Waals surface area (Å²) < 4.78 is 8.07. The number of hydrogen-bond acceptors (Lipinski definition) is 23. The number of anilines is 8. The van der Waals surface area contributed by atoms with Crippen LogP contribution in [0.4, 0.5) is 69.3 Å². The molecule has 27 nitrogen and oxygen atoms in total. The molecule has 492 valence electrons. The lowest BCUT2D eigenvalue weighted by molar-refractivity contribution is -0.149. The van der Waals surface area contributed by atoms with Crippen molar-refractivity contribution in [3.63, 3.8) is 0 Å². The number of nitrogens with zero attached hydrogens (tertiary/aromatic N) is 17. The molecule has 0 spiro atoms. The van der Waals surface area contributed by atoms with Gasteiger partial charge >= 0.3 is 11.9 Å². The summed E-state index contributed by atoms with van der Waals surface area (Å²) in [5.41, 5.74) is 12.8. The van der Waals surface area contributed by atoms with Crippen LogP contribution in [0.5, 0.6) is 0 Å². The van der Waals surface area contributed by atoms with Crippen LogP contribution in [-0.4, -0.2) is 125 Å². The van der Waals surface area contributed by atoms with Crippen LogP contribution in [0, 0.1) is 91.9 Å². The zero-order valence-corrected chi connectivity index (χ0v) is 55.8. The number of hydrogen-bond donors (Lipinski definition) is 6. The Morgan fingerprint density at radius 2 is 1.23 bits per heavy atom. The van der Waals surface area contributed by atoms with Gasteiger partial charge in [0.1, 0.15) is 47.9 Å². The Labute approximate surface area is 551 Å². The molecule has 0 fully saturated rings. The predicted octanol–water partition coefficient (Wildman–Crippen LogP) is 14.0. The van der Waals surface area contributed by atoms with E-state index in [4.69, 9.17) is 30.0 Å². The van der Waals surface area contributed by atoms with Crippen LogP contribution < -0.4 is 26.2 Å². The van der Waals surface area contributed by atoms with Crippen LogP contribution in [0.15, 0.2) is 69.1 Å². The highest BCUT2D eigenvalue weighted by molar-refractivity contribution is 7.16. The first-order chi connectivity index (χ1) is 44.2. The molecule has 0 aliphatic carbocycles. The number of aryl methyl sites for hydroxylation is 10. The average Bonchev–Trinajstić information content (AvgIpc) is 1.49. The highest BCUT2D eigenvalue weighted by Crippen LogP contribution is 2.43. The number of azo groups is 2. The fraction of sp³-hybridized carbons (Fsp3) is 0.394. The van der Waals surface area contributed by atoms with E-state index in [9.17, 15) is 35.1 Å². The molecule has 0 atom stereocenters. The van der Waals surface area contributed by atoms with Crippen molar-refractivity contribution in [1.82, 2.24) is 49.6 Å². The van der Waals surface area contributed by atoms with Gasteiger partial charge < -0.3 is 46.0 Å². The van der Waals surface area contributed by atoms with Crippen LogP contribution in [-0.2, 0) is 24.5 Å². The molecule has 5 aromatic heterocycles. The number of pyridine rings is 1. The quantitative estimate of drug-likeness (QED) is 0.0206. The van der Waals surface area contributed by atoms with Gasteiger partial charge in [0.2, 0.25) is 27.9 Å². The van der Waals surface area contributed by atoms with Crippen molar-refractivity contribution in [3.8, 4) is 22.4 Å². The molecule has 0 aliphatic rings. The topological polar surface area (TPSA) is 353 Å². The van der Waals surface area contributed by atoms with Gasteiger partial charge in [-0.1, -0.05) is 92.6 Å². The Morgan fingerprint density at radius 1 is 0.681 bits per heavy atom. The Kier molecular flexibility index (Phi) is 23.1. The number of aromatic nitrogens is 9. The summed E-state index contributed by atoms with van der Waals surface area (Å²) in [6.45, 7) is 25.7. The van der Waals surface area contributed by atoms with Crippen LogP contribution in [0.1, 0.15) is 126 Å². The van der Waals surface area contributed by atoms with Gasteiger partial charge in [0.05, 0.1) is 11.9 Å². The Morgan fingerprint density at radius 3 is 1.78 bits per heavy atom. The van der Waals surface area contributed by atoms with Crippen LogP contribution >= 0.6 is 11.3 Å². The van der Waals surface area contributed by atoms with E-state index in [0.717, 1.165) is 83.4 Å². The standard InChI is InChI=1S/C65H77N21O6S.CH4/c1-35-23-38(4)51(39(5)24-35)71-59-53(42(8)29-47(70-59)84(55-43(9)27-37(3)28-44(55)10)21-17-16-19-48(87)83(33-49(88)89)34-50(90)91)75-78-61-46(31-67)56(65(11,12)13)81-86(61)64-80-79-63(93-64)85-32-45(30-66)57(82-85)77-76-54-58(69-20-18-22-92-15)73-62(68-14)74-60(54)72-52-40(6)25-36(2)26-41(52)7;/h23-29,32H,16-22,33-34H2,1-15H3,(H,70,71)(H,88,89)(H,90,91)(H3,68,69,72,73,74);1H4. The molecule has 94 heavy (non-hydrogen) atoms. The summed E-state index contributed by atoms with van der Waals surface area (Å²) >= 11 is 1.06. The fourth-order valence-electron chi connectivity index (χ4n) is 10.9. The maximum Gasteiger partial charge on any atom is 0.323 e. The maximum atomic E-state index is 13.2. The molecule has 28 heteroatoms. The lowest BCUT2D eigenvalue weighted by Crippen LogP contribution is -2.39. The second-order valence-electron chi connectivity index (χ2n) is 23.8. The van der Waals surface area contributed by atoms with Gasteiger partial charge in [-0.3, -0.25) is 14.4 Å². The van der Waals surface area contributed by atoms with Gasteiger partial charge in [-0.2, -0.15) is 30.3 Å². The van der Waals surface area contributed by atoms with E-state index < -0.39 is 36.4 Å². The predicted molar refractivity (Wildman–Crippen MR) is 364 cm³/mol. The van der Waals surface area contributed by atoms with Crippen molar-refractivity contribution in [1.29, 1.82) is 10.5 Å². The second kappa shape index (κ2) is 30.7. The van der Waals surface area contributed by atoms with Gasteiger partial charge in [-0.25, -0.2) is 9.67 Å². The number of nitrogens with one attached hydrogen (secondary N) is 4. The molecule has 8 rings (SSSR count). The number of nitriles is 2. The summed E-state index contributed by atoms with van der Waals surface area (Å²) in [7, 11) is 3.35. The highest BCUT2D eigenvalue weighted by atomic mass is 32.1. The molecule has 8 aromatic rings. The van der Waals surface area contributed by atoms with E-state index in [2.05, 4.69) is 105 Å². The fourth-order valence-corrected chi connectivity index (χ4v) is 11.7. The third-order valence-electron chi connectivity index (χ3n) is 14.9. The first-order valence-electron chi connectivity index (χ1n) is 30.0. The van der Waals surface area contributed by atoms with Crippen LogP contribution in [0.3, 0.4) is 0 Å². The van der Waals surface area contributed by atoms with Crippen molar-refractivity contribution >= 4 is 98.5 Å². The molecule has 0 bridgehead atoms. The monoisotopic (exact) mass is 1300 g/mol. The second-order valence-corrected chi connectivity index (χ2v) is 24.7. The third kappa shape index (κ3) is 16.7. The lowest BCUT2D eigenvalue weighted by Gasteiger charge is -2.29. The van der Waals surface area contributed by atoms with Crippen molar-refractivity contribution in [3.05, 3.63) is 121 Å². The molecule has 0 aliphatic heterocycles. The van der Waals surface area contributed by atoms with Gasteiger partial charge in [0, 0.05) is 62.8 Å². The molecular weight excluding hydrogens is 1210 g/mol. The normalized spacial score (nSPS) is 11.4. The number of carbonyl (C=O) groups is 3. The van der Waals surface area contributed by atoms with E-state index in [0.29, 0.717) is 85.1 Å². The van der Waals surface area contributed by atoms with E-state index in [1.807, 2.05) is 96.1 Å². The van der Waals surface area contributed by atoms with Crippen molar-refractivity contribution in [2.75, 3.05) is 73.1 Å². The van der Waals surface area contributed by atoms with Crippen molar-refractivity contribution in [2.45, 2.75) is 129 Å². The van der Waals surface area contributed by atoms with Crippen LogP contribution in [0.25, 0.3) is 10.3 Å². The highest BCUT2D eigenvalue weighted by Gasteiger charge is 2.31. The van der Waals surface area contributed by atoms with Gasteiger partial charge in [-0.05, 0) is 134 Å². The number of carboxylic acids is 2. The molecule has 0 radical (unpaired) electrons. The van der Waals surface area contributed by atoms with E-state index in [-0.39, 0.29) is 52.6 Å². The molecular formula is C66H81N21O6S. The molecule has 5 heterocycles. The number of carbonyl (C=O) groups excluding carboxylic acids is 1. The van der Waals surface area contributed by atoms with E-state index in [1.165, 1.54) is 15.6 Å². The SMILES string of the molecule is C.CNc1nc(NCCCOC)c(N=Nc2nn(-c3nnc(-n4nc(C(C)(C)C)c(C#N)c4N=Nc4c(C)cc(N(CCCCC(=O)N(CC(=O)O)CC(=O)O)c5c(C)cc(C)cc5C)nc4Nc4c(C)cc(C)cc4C)s3)cc2C#N)c(Nc2c(C)cc(C)cc2C)n1. The minimum atomic E-state index is -1.31. The Balaban J connectivity index is 0.0000125. The number of aliphatic carboxylic acids is 2. The molecule has 0 unspecified atom stereocenters. The zero-order chi connectivity index (χ0) is 67.6. The van der Waals surface area contributed by atoms with E-state index >= 15 is 0 Å². The van der Waals surface area contributed by atoms with Crippen molar-refractivity contribution < 1.29 is 29.3 Å². The Hall–Kier alpha value is -10.6. The summed E-state index contributed by atoms with van der Waals surface area (Å²) in [5, 5.41) is 91.7. The summed E-state index contributed by atoms with van der Waals surface area (Å²) in [4.78, 5) is 54.0. The molecule has 1 amide bonds. The van der Waals surface area contributed by atoms with Gasteiger partial charge in [0.25, 0.3) is 0 Å². The lowest BCUT2D eigenvalue weighted by atomic mass is 9.90. The number of rotatable bonds is 27. The first kappa shape index (κ1) is 70.9. The first-order valence-corrected chi connectivity index (χ1v) is 30.9. The number of benzene rings is 3. The maximum absolute atomic E-state index is 13.2. The smallest absolute Gasteiger partial charge is 0.323 e. The average molecular weight is 1300 g/mol. The van der Waals surface area contributed by atoms with Gasteiger partial charge in [-0.15, -0.1) is 35.8 Å². The molecule has 0 saturated carbocycles.